The number of carbonyl (C=O) groups excluding carboxylic acids is 1. The maximum atomic E-state index is 12.9. The van der Waals surface area contributed by atoms with Crippen molar-refractivity contribution >= 4 is 27.5 Å². The smallest absolute Gasteiger partial charge is 0.227 e. The number of allylic oxidation sites excluding steroid dienone is 2. The van der Waals surface area contributed by atoms with Crippen LogP contribution < -0.4 is 5.32 Å². The van der Waals surface area contributed by atoms with Crippen LogP contribution in [0.4, 0.5) is 10.1 Å². The molecule has 0 bridgehead atoms. The van der Waals surface area contributed by atoms with Crippen LogP contribution in [0.3, 0.4) is 0 Å². The van der Waals surface area contributed by atoms with Crippen LogP contribution in [0.15, 0.2) is 34.8 Å². The molecular formula is C13H13BrFNO. The lowest BCUT2D eigenvalue weighted by Gasteiger charge is -2.17. The molecule has 0 aromatic heterocycles. The predicted molar refractivity (Wildman–Crippen MR) is 69.2 cm³/mol. The molecule has 1 unspecified atom stereocenters. The van der Waals surface area contributed by atoms with Crippen molar-refractivity contribution in [2.24, 2.45) is 5.92 Å². The first-order valence-electron chi connectivity index (χ1n) is 5.58. The van der Waals surface area contributed by atoms with Gasteiger partial charge in [0.2, 0.25) is 5.91 Å². The van der Waals surface area contributed by atoms with E-state index in [1.165, 1.54) is 12.1 Å². The van der Waals surface area contributed by atoms with Crippen LogP contribution in [-0.4, -0.2) is 5.91 Å². The normalized spacial score (nSPS) is 19.1. The maximum absolute atomic E-state index is 12.9. The first kappa shape index (κ1) is 12.3. The molecule has 1 aliphatic rings. The first-order valence-corrected chi connectivity index (χ1v) is 6.37. The Kier molecular flexibility index (Phi) is 3.94. The Hall–Kier alpha value is -1.16. The molecule has 17 heavy (non-hydrogen) atoms. The standard InChI is InChI=1S/C13H13BrFNO/c14-11-8-10(15)6-7-12(11)16-13(17)9-4-2-1-3-5-9/h1-2,6-9H,3-5H2,(H,16,17). The lowest BCUT2D eigenvalue weighted by atomic mass is 9.93. The van der Waals surface area contributed by atoms with Gasteiger partial charge in [0.05, 0.1) is 5.69 Å². The molecule has 0 radical (unpaired) electrons. The van der Waals surface area contributed by atoms with E-state index in [9.17, 15) is 9.18 Å². The lowest BCUT2D eigenvalue weighted by molar-refractivity contribution is -0.120. The molecule has 0 aliphatic heterocycles. The summed E-state index contributed by atoms with van der Waals surface area (Å²) in [6.45, 7) is 0. The number of nitrogens with one attached hydrogen (secondary N) is 1. The van der Waals surface area contributed by atoms with Crippen molar-refractivity contribution in [2.75, 3.05) is 5.32 Å². The molecule has 4 heteroatoms. The van der Waals surface area contributed by atoms with Gasteiger partial charge in [0, 0.05) is 10.4 Å². The quantitative estimate of drug-likeness (QED) is 0.825. The Morgan fingerprint density at radius 3 is 2.88 bits per heavy atom. The van der Waals surface area contributed by atoms with Gasteiger partial charge in [-0.05, 0) is 53.4 Å². The van der Waals surface area contributed by atoms with Crippen LogP contribution in [0, 0.1) is 11.7 Å². The summed E-state index contributed by atoms with van der Waals surface area (Å²) in [7, 11) is 0. The summed E-state index contributed by atoms with van der Waals surface area (Å²) in [5.74, 6) is -0.297. The van der Waals surface area contributed by atoms with Crippen LogP contribution in [0.5, 0.6) is 0 Å². The molecule has 90 valence electrons. The molecule has 2 rings (SSSR count). The van der Waals surface area contributed by atoms with Gasteiger partial charge in [-0.3, -0.25) is 4.79 Å². The Bertz CT molecular complexity index is 459. The van der Waals surface area contributed by atoms with Gasteiger partial charge in [0.15, 0.2) is 0 Å². The topological polar surface area (TPSA) is 29.1 Å². The van der Waals surface area contributed by atoms with Gasteiger partial charge in [0.25, 0.3) is 0 Å². The first-order chi connectivity index (χ1) is 8.16. The van der Waals surface area contributed by atoms with E-state index in [-0.39, 0.29) is 17.6 Å². The second kappa shape index (κ2) is 5.45. The molecule has 0 saturated carbocycles. The fourth-order valence-electron chi connectivity index (χ4n) is 1.86. The number of carbonyl (C=O) groups is 1. The molecule has 2 nitrogen and oxygen atoms in total. The Morgan fingerprint density at radius 2 is 2.24 bits per heavy atom. The molecule has 1 atom stereocenters. The number of hydrogen-bond donors (Lipinski definition) is 1. The van der Waals surface area contributed by atoms with Crippen molar-refractivity contribution in [2.45, 2.75) is 19.3 Å². The van der Waals surface area contributed by atoms with Gasteiger partial charge in [-0.2, -0.15) is 0 Å². The Morgan fingerprint density at radius 1 is 1.41 bits per heavy atom. The monoisotopic (exact) mass is 297 g/mol. The number of hydrogen-bond acceptors (Lipinski definition) is 1. The SMILES string of the molecule is O=C(Nc1ccc(F)cc1Br)C1CC=CCC1. The number of anilines is 1. The lowest BCUT2D eigenvalue weighted by Crippen LogP contribution is -2.23. The van der Waals surface area contributed by atoms with Crippen LogP contribution >= 0.6 is 15.9 Å². The second-order valence-corrected chi connectivity index (χ2v) is 4.95. The second-order valence-electron chi connectivity index (χ2n) is 4.09. The van der Waals surface area contributed by atoms with Crippen molar-refractivity contribution in [1.29, 1.82) is 0 Å². The highest BCUT2D eigenvalue weighted by Gasteiger charge is 2.19. The summed E-state index contributed by atoms with van der Waals surface area (Å²) >= 11 is 3.23. The van der Waals surface area contributed by atoms with Gasteiger partial charge in [0.1, 0.15) is 5.82 Å². The van der Waals surface area contributed by atoms with Gasteiger partial charge in [-0.15, -0.1) is 0 Å². The largest absolute Gasteiger partial charge is 0.325 e. The average Bonchev–Trinajstić information content (AvgIpc) is 2.34. The van der Waals surface area contributed by atoms with Gasteiger partial charge < -0.3 is 5.32 Å². The van der Waals surface area contributed by atoms with E-state index >= 15 is 0 Å². The average molecular weight is 298 g/mol. The summed E-state index contributed by atoms with van der Waals surface area (Å²) in [6, 6.07) is 4.24. The van der Waals surface area contributed by atoms with Crippen LogP contribution in [0.25, 0.3) is 0 Å². The zero-order valence-corrected chi connectivity index (χ0v) is 10.8. The minimum absolute atomic E-state index is 0.00154. The number of amides is 1. The van der Waals surface area contributed by atoms with E-state index in [1.54, 1.807) is 6.07 Å². The third-order valence-corrected chi connectivity index (χ3v) is 3.48. The summed E-state index contributed by atoms with van der Waals surface area (Å²) in [4.78, 5) is 11.9. The van der Waals surface area contributed by atoms with Gasteiger partial charge >= 0.3 is 0 Å². The van der Waals surface area contributed by atoms with Gasteiger partial charge in [-0.1, -0.05) is 12.2 Å². The summed E-state index contributed by atoms with van der Waals surface area (Å²) < 4.78 is 13.5. The zero-order chi connectivity index (χ0) is 12.3. The highest BCUT2D eigenvalue weighted by molar-refractivity contribution is 9.10. The predicted octanol–water partition coefficient (Wildman–Crippen LogP) is 3.88. The molecule has 0 saturated heterocycles. The van der Waals surface area contributed by atoms with Crippen LogP contribution in [0.1, 0.15) is 19.3 Å². The molecule has 1 aliphatic carbocycles. The van der Waals surface area contributed by atoms with Crippen LogP contribution in [0.2, 0.25) is 0 Å². The van der Waals surface area contributed by atoms with Crippen molar-refractivity contribution in [3.8, 4) is 0 Å². The summed E-state index contributed by atoms with van der Waals surface area (Å²) in [5.41, 5.74) is 0.617. The third kappa shape index (κ3) is 3.16. The zero-order valence-electron chi connectivity index (χ0n) is 9.25. The van der Waals surface area contributed by atoms with E-state index < -0.39 is 0 Å². The highest BCUT2D eigenvalue weighted by Crippen LogP contribution is 2.25. The summed E-state index contributed by atoms with van der Waals surface area (Å²) in [5, 5.41) is 2.82. The summed E-state index contributed by atoms with van der Waals surface area (Å²) in [6.07, 6.45) is 6.74. The maximum Gasteiger partial charge on any atom is 0.227 e. The fraction of sp³-hybridized carbons (Fsp3) is 0.308. The number of rotatable bonds is 2. The van der Waals surface area contributed by atoms with E-state index in [0.717, 1.165) is 19.3 Å². The van der Waals surface area contributed by atoms with Crippen molar-refractivity contribution < 1.29 is 9.18 Å². The van der Waals surface area contributed by atoms with E-state index in [1.807, 2.05) is 6.08 Å². The van der Waals surface area contributed by atoms with E-state index in [0.29, 0.717) is 10.2 Å². The van der Waals surface area contributed by atoms with Crippen molar-refractivity contribution in [3.63, 3.8) is 0 Å². The molecular weight excluding hydrogens is 285 g/mol. The van der Waals surface area contributed by atoms with Crippen molar-refractivity contribution in [3.05, 3.63) is 40.6 Å². The molecule has 0 spiro atoms. The third-order valence-electron chi connectivity index (χ3n) is 2.83. The Labute approximate surface area is 108 Å². The molecule has 1 aromatic carbocycles. The van der Waals surface area contributed by atoms with E-state index in [2.05, 4.69) is 27.3 Å². The minimum Gasteiger partial charge on any atom is -0.325 e. The number of halogens is 2. The number of benzene rings is 1. The van der Waals surface area contributed by atoms with Crippen LogP contribution in [-0.2, 0) is 4.79 Å². The molecule has 0 heterocycles. The molecule has 1 amide bonds. The fourth-order valence-corrected chi connectivity index (χ4v) is 2.31. The molecule has 0 fully saturated rings. The molecule has 1 N–H and O–H groups in total. The Balaban J connectivity index is 2.05. The minimum atomic E-state index is -0.324. The van der Waals surface area contributed by atoms with Crippen molar-refractivity contribution in [1.82, 2.24) is 0 Å². The molecule has 1 aromatic rings. The van der Waals surface area contributed by atoms with Gasteiger partial charge in [-0.25, -0.2) is 4.39 Å². The van der Waals surface area contributed by atoms with E-state index in [4.69, 9.17) is 0 Å². The highest BCUT2D eigenvalue weighted by atomic mass is 79.9.